The molecular formula is C19H18BrClN4O2S. The van der Waals surface area contributed by atoms with Gasteiger partial charge in [0, 0.05) is 22.8 Å². The second-order valence-electron chi connectivity index (χ2n) is 6.44. The number of rotatable bonds is 2. The van der Waals surface area contributed by atoms with Crippen molar-refractivity contribution in [2.24, 2.45) is 9.98 Å². The van der Waals surface area contributed by atoms with Gasteiger partial charge in [-0.05, 0) is 47.3 Å². The smallest absolute Gasteiger partial charge is 0.267 e. The number of nitrogens with zero attached hydrogens (tertiary/aromatic N) is 2. The Morgan fingerprint density at radius 1 is 1.29 bits per heavy atom. The number of thiophene rings is 1. The zero-order valence-corrected chi connectivity index (χ0v) is 18.0. The van der Waals surface area contributed by atoms with Crippen molar-refractivity contribution in [2.75, 3.05) is 13.2 Å². The minimum Gasteiger partial charge on any atom is -0.368 e. The predicted molar refractivity (Wildman–Crippen MR) is 116 cm³/mol. The number of ether oxygens (including phenoxy) is 1. The van der Waals surface area contributed by atoms with E-state index in [4.69, 9.17) is 21.3 Å². The maximum atomic E-state index is 12.3. The maximum Gasteiger partial charge on any atom is 0.267 e. The van der Waals surface area contributed by atoms with E-state index in [2.05, 4.69) is 31.8 Å². The van der Waals surface area contributed by atoms with Gasteiger partial charge in [-0.1, -0.05) is 29.8 Å². The van der Waals surface area contributed by atoms with E-state index in [1.54, 1.807) is 0 Å². The largest absolute Gasteiger partial charge is 0.368 e. The highest BCUT2D eigenvalue weighted by atomic mass is 79.9. The van der Waals surface area contributed by atoms with Crippen LogP contribution in [0.15, 0.2) is 44.1 Å². The molecule has 1 amide bonds. The number of fused-ring (bicyclic) bond motifs is 1. The van der Waals surface area contributed by atoms with Gasteiger partial charge >= 0.3 is 0 Å². The monoisotopic (exact) mass is 480 g/mol. The summed E-state index contributed by atoms with van der Waals surface area (Å²) in [7, 11) is 0. The Morgan fingerprint density at radius 3 is 2.93 bits per heavy atom. The first kappa shape index (κ1) is 19.6. The van der Waals surface area contributed by atoms with Crippen molar-refractivity contribution in [3.63, 3.8) is 0 Å². The fourth-order valence-electron chi connectivity index (χ4n) is 3.11. The van der Waals surface area contributed by atoms with Crippen LogP contribution in [0.2, 0.25) is 5.02 Å². The number of halogens is 2. The summed E-state index contributed by atoms with van der Waals surface area (Å²) in [4.78, 5) is 21.7. The van der Waals surface area contributed by atoms with E-state index in [1.807, 2.05) is 30.3 Å². The van der Waals surface area contributed by atoms with Gasteiger partial charge in [0.05, 0.1) is 16.0 Å². The lowest BCUT2D eigenvalue weighted by molar-refractivity contribution is -0.136. The first-order valence-electron chi connectivity index (χ1n) is 8.96. The van der Waals surface area contributed by atoms with Crippen molar-refractivity contribution in [3.05, 3.63) is 50.3 Å². The van der Waals surface area contributed by atoms with Gasteiger partial charge in [-0.15, -0.1) is 11.3 Å². The number of amidine groups is 1. The molecule has 0 saturated carbocycles. The quantitative estimate of drug-likeness (QED) is 0.630. The third-order valence-corrected chi connectivity index (χ3v) is 6.35. The zero-order chi connectivity index (χ0) is 19.5. The number of carbonyl (C=O) groups excluding carboxylic acids is 1. The van der Waals surface area contributed by atoms with Crippen LogP contribution in [0.1, 0.15) is 30.4 Å². The predicted octanol–water partition coefficient (Wildman–Crippen LogP) is 4.23. The summed E-state index contributed by atoms with van der Waals surface area (Å²) in [6.45, 7) is 0.919. The van der Waals surface area contributed by atoms with Gasteiger partial charge in [-0.3, -0.25) is 20.6 Å². The molecule has 0 aliphatic carbocycles. The topological polar surface area (TPSA) is 75.1 Å². The van der Waals surface area contributed by atoms with Crippen LogP contribution in [0.4, 0.5) is 5.00 Å². The van der Waals surface area contributed by atoms with Crippen molar-refractivity contribution < 1.29 is 9.53 Å². The van der Waals surface area contributed by atoms with Crippen LogP contribution < -0.4 is 10.9 Å². The number of hydrazine groups is 1. The van der Waals surface area contributed by atoms with Gasteiger partial charge in [0.2, 0.25) is 0 Å². The molecule has 1 saturated heterocycles. The number of carbonyl (C=O) groups is 1. The molecule has 1 unspecified atom stereocenters. The molecule has 28 heavy (non-hydrogen) atoms. The molecule has 6 nitrogen and oxygen atoms in total. The van der Waals surface area contributed by atoms with Crippen LogP contribution in [0, 0.1) is 0 Å². The molecule has 2 aliphatic rings. The summed E-state index contributed by atoms with van der Waals surface area (Å²) in [5, 5.41) is 1.43. The molecule has 1 aromatic heterocycles. The summed E-state index contributed by atoms with van der Waals surface area (Å²) >= 11 is 11.4. The van der Waals surface area contributed by atoms with Gasteiger partial charge in [0.25, 0.3) is 5.91 Å². The zero-order valence-electron chi connectivity index (χ0n) is 14.9. The Morgan fingerprint density at radius 2 is 2.14 bits per heavy atom. The lowest BCUT2D eigenvalue weighted by atomic mass is 10.0. The Balaban J connectivity index is 1.55. The second kappa shape index (κ2) is 8.73. The molecule has 2 aliphatic heterocycles. The second-order valence-corrected chi connectivity index (χ2v) is 9.26. The van der Waals surface area contributed by atoms with Gasteiger partial charge in [0.1, 0.15) is 16.9 Å². The molecule has 146 valence electrons. The van der Waals surface area contributed by atoms with E-state index in [1.165, 1.54) is 11.3 Å². The van der Waals surface area contributed by atoms with E-state index < -0.39 is 6.10 Å². The van der Waals surface area contributed by atoms with Gasteiger partial charge in [-0.2, -0.15) is 0 Å². The normalized spacial score (nSPS) is 19.1. The summed E-state index contributed by atoms with van der Waals surface area (Å²) in [6, 6.07) is 9.59. The molecule has 3 heterocycles. The van der Waals surface area contributed by atoms with Crippen molar-refractivity contribution in [3.8, 4) is 0 Å². The van der Waals surface area contributed by atoms with E-state index in [0.717, 1.165) is 44.9 Å². The summed E-state index contributed by atoms with van der Waals surface area (Å²) in [5.41, 5.74) is 8.17. The molecule has 0 spiro atoms. The Kier molecular flexibility index (Phi) is 6.10. The molecular weight excluding hydrogens is 464 g/mol. The van der Waals surface area contributed by atoms with Gasteiger partial charge < -0.3 is 4.74 Å². The molecule has 0 bridgehead atoms. The van der Waals surface area contributed by atoms with Crippen molar-refractivity contribution in [2.45, 2.75) is 25.4 Å². The molecule has 1 fully saturated rings. The fraction of sp³-hybridized carbons (Fsp3) is 0.316. The number of aliphatic imine (C=N–C) groups is 2. The highest BCUT2D eigenvalue weighted by Gasteiger charge is 2.23. The third-order valence-electron chi connectivity index (χ3n) is 4.49. The van der Waals surface area contributed by atoms with E-state index >= 15 is 0 Å². The summed E-state index contributed by atoms with van der Waals surface area (Å²) in [5.74, 6) is 0.372. The number of hydrogen-bond donors (Lipinski definition) is 2. The highest BCUT2D eigenvalue weighted by molar-refractivity contribution is 9.11. The summed E-state index contributed by atoms with van der Waals surface area (Å²) in [6.07, 6.45) is 2.31. The Labute approximate surface area is 180 Å². The van der Waals surface area contributed by atoms with Crippen LogP contribution in [0.3, 0.4) is 0 Å². The standard InChI is InChI=1S/C19H18BrClN4O2S/c20-15-9-12-17(11-5-1-2-6-13(11)21)22-10-16(23-19(12)28-15)24-25-18(26)14-7-3-4-8-27-14/h1-2,5-6,9,14H,3-4,7-8,10H2,(H,23,24)(H,25,26). The molecule has 1 atom stereocenters. The van der Waals surface area contributed by atoms with E-state index in [0.29, 0.717) is 24.0 Å². The van der Waals surface area contributed by atoms with E-state index in [-0.39, 0.29) is 5.91 Å². The summed E-state index contributed by atoms with van der Waals surface area (Å²) < 4.78 is 6.46. The van der Waals surface area contributed by atoms with Crippen LogP contribution in [-0.4, -0.2) is 36.7 Å². The number of benzene rings is 1. The molecule has 9 heteroatoms. The SMILES string of the molecule is O=C(NNC1=Nc2sc(Br)cc2C(c2ccccc2Cl)=NC1)C1CCCCO1. The van der Waals surface area contributed by atoms with Crippen molar-refractivity contribution in [1.82, 2.24) is 10.9 Å². The molecule has 2 N–H and O–H groups in total. The van der Waals surface area contributed by atoms with Crippen molar-refractivity contribution >= 4 is 61.3 Å². The van der Waals surface area contributed by atoms with Crippen LogP contribution in [-0.2, 0) is 9.53 Å². The Bertz CT molecular complexity index is 953. The molecule has 4 rings (SSSR count). The lowest BCUT2D eigenvalue weighted by Gasteiger charge is -2.22. The highest BCUT2D eigenvalue weighted by Crippen LogP contribution is 2.38. The Hall–Kier alpha value is -1.74. The first-order chi connectivity index (χ1) is 13.6. The number of amides is 1. The average Bonchev–Trinajstić information content (AvgIpc) is 2.99. The van der Waals surface area contributed by atoms with Crippen molar-refractivity contribution in [1.29, 1.82) is 0 Å². The number of hydrogen-bond acceptors (Lipinski definition) is 6. The van der Waals surface area contributed by atoms with Crippen LogP contribution in [0.5, 0.6) is 0 Å². The fourth-order valence-corrected chi connectivity index (χ4v) is 4.81. The molecule has 2 aromatic rings. The minimum absolute atomic E-state index is 0.186. The number of nitrogens with one attached hydrogen (secondary N) is 2. The molecule has 0 radical (unpaired) electrons. The third kappa shape index (κ3) is 4.30. The van der Waals surface area contributed by atoms with Crippen LogP contribution in [0.25, 0.3) is 0 Å². The van der Waals surface area contributed by atoms with Gasteiger partial charge in [-0.25, -0.2) is 4.99 Å². The first-order valence-corrected chi connectivity index (χ1v) is 10.9. The van der Waals surface area contributed by atoms with Gasteiger partial charge in [0.15, 0.2) is 0 Å². The van der Waals surface area contributed by atoms with Crippen LogP contribution >= 0.6 is 38.9 Å². The van der Waals surface area contributed by atoms with E-state index in [9.17, 15) is 4.79 Å². The maximum absolute atomic E-state index is 12.3. The molecule has 1 aromatic carbocycles. The average molecular weight is 482 g/mol. The lowest BCUT2D eigenvalue weighted by Crippen LogP contribution is -2.48. The minimum atomic E-state index is -0.416.